The first kappa shape index (κ1) is 13.7. The molecule has 0 radical (unpaired) electrons. The number of nitrogens with zero attached hydrogens (tertiary/aromatic N) is 2. The molecule has 0 saturated carbocycles. The lowest BCUT2D eigenvalue weighted by Gasteiger charge is -2.26. The highest BCUT2D eigenvalue weighted by atomic mass is 35.5. The maximum Gasteiger partial charge on any atom is 0.120 e. The summed E-state index contributed by atoms with van der Waals surface area (Å²) in [5, 5.41) is 3.32. The van der Waals surface area contributed by atoms with Crippen molar-refractivity contribution in [1.82, 2.24) is 20.2 Å². The molecule has 0 amide bonds. The molecule has 6 heteroatoms. The molecule has 4 nitrogen and oxygen atoms in total. The molecule has 0 unspecified atom stereocenters. The van der Waals surface area contributed by atoms with Gasteiger partial charge in [0.25, 0.3) is 0 Å². The molecule has 2 heterocycles. The number of aromatic nitrogens is 2. The second kappa shape index (κ2) is 7.06. The summed E-state index contributed by atoms with van der Waals surface area (Å²) in [6.07, 6.45) is 3.68. The van der Waals surface area contributed by atoms with E-state index in [0.29, 0.717) is 0 Å². The van der Waals surface area contributed by atoms with Gasteiger partial charge in [0.05, 0.1) is 6.54 Å². The van der Waals surface area contributed by atoms with Crippen LogP contribution in [0.1, 0.15) is 5.82 Å². The monoisotopic (exact) mass is 238 g/mol. The molecule has 14 heavy (non-hydrogen) atoms. The van der Waals surface area contributed by atoms with Gasteiger partial charge in [-0.1, -0.05) is 0 Å². The summed E-state index contributed by atoms with van der Waals surface area (Å²) in [5.41, 5.74) is 0. The molecule has 0 bridgehead atoms. The summed E-state index contributed by atoms with van der Waals surface area (Å²) in [5.74, 6) is 1.07. The van der Waals surface area contributed by atoms with Crippen LogP contribution in [0.5, 0.6) is 0 Å². The smallest absolute Gasteiger partial charge is 0.120 e. The summed E-state index contributed by atoms with van der Waals surface area (Å²) in [7, 11) is 0. The van der Waals surface area contributed by atoms with E-state index >= 15 is 0 Å². The topological polar surface area (TPSA) is 44.0 Å². The molecule has 1 aromatic rings. The molecular formula is C8H16Cl2N4. The highest BCUT2D eigenvalue weighted by Crippen LogP contribution is 1.98. The molecule has 1 aliphatic heterocycles. The summed E-state index contributed by atoms with van der Waals surface area (Å²) >= 11 is 0. The van der Waals surface area contributed by atoms with Crippen LogP contribution in [-0.4, -0.2) is 41.0 Å². The van der Waals surface area contributed by atoms with Crippen molar-refractivity contribution in [3.63, 3.8) is 0 Å². The number of piperazine rings is 1. The Kier molecular flexibility index (Phi) is 6.92. The van der Waals surface area contributed by atoms with Crippen LogP contribution in [0.2, 0.25) is 0 Å². The Labute approximate surface area is 96.3 Å². The Balaban J connectivity index is 0.000000845. The van der Waals surface area contributed by atoms with Gasteiger partial charge in [0.2, 0.25) is 0 Å². The van der Waals surface area contributed by atoms with Crippen molar-refractivity contribution in [3.8, 4) is 0 Å². The predicted molar refractivity (Wildman–Crippen MR) is 61.2 cm³/mol. The first-order valence-electron chi connectivity index (χ1n) is 4.36. The lowest BCUT2D eigenvalue weighted by atomic mass is 10.3. The fourth-order valence-corrected chi connectivity index (χ4v) is 1.47. The Morgan fingerprint density at radius 2 is 2.00 bits per heavy atom. The largest absolute Gasteiger partial charge is 0.348 e. The third kappa shape index (κ3) is 3.84. The van der Waals surface area contributed by atoms with Crippen molar-refractivity contribution in [1.29, 1.82) is 0 Å². The number of hydrogen-bond acceptors (Lipinski definition) is 3. The molecule has 1 saturated heterocycles. The SMILES string of the molecule is Cl.Cl.c1c[nH]c(CN2CCNCC2)n1. The van der Waals surface area contributed by atoms with E-state index in [0.717, 1.165) is 38.5 Å². The van der Waals surface area contributed by atoms with Crippen LogP contribution in [0.15, 0.2) is 12.4 Å². The standard InChI is InChI=1S/C8H14N4.2ClH/c1-2-11-8(10-1)7-12-5-3-9-4-6-12;;/h1-2,9H,3-7H2,(H,10,11);2*1H. The lowest BCUT2D eigenvalue weighted by molar-refractivity contribution is 0.228. The maximum atomic E-state index is 4.19. The minimum Gasteiger partial charge on any atom is -0.348 e. The zero-order valence-electron chi connectivity index (χ0n) is 7.90. The van der Waals surface area contributed by atoms with Crippen LogP contribution in [0.3, 0.4) is 0 Å². The number of aromatic amines is 1. The first-order valence-corrected chi connectivity index (χ1v) is 4.36. The molecule has 2 rings (SSSR count). The van der Waals surface area contributed by atoms with Gasteiger partial charge in [-0.25, -0.2) is 4.98 Å². The summed E-state index contributed by atoms with van der Waals surface area (Å²) in [6, 6.07) is 0. The molecule has 0 atom stereocenters. The fourth-order valence-electron chi connectivity index (χ4n) is 1.47. The minimum absolute atomic E-state index is 0. The van der Waals surface area contributed by atoms with Crippen LogP contribution >= 0.6 is 24.8 Å². The second-order valence-electron chi connectivity index (χ2n) is 3.06. The van der Waals surface area contributed by atoms with E-state index < -0.39 is 0 Å². The number of imidazole rings is 1. The van der Waals surface area contributed by atoms with Crippen LogP contribution in [0.25, 0.3) is 0 Å². The second-order valence-corrected chi connectivity index (χ2v) is 3.06. The van der Waals surface area contributed by atoms with E-state index in [-0.39, 0.29) is 24.8 Å². The van der Waals surface area contributed by atoms with Crippen molar-refractivity contribution < 1.29 is 0 Å². The van der Waals surface area contributed by atoms with Gasteiger partial charge in [0.1, 0.15) is 5.82 Å². The van der Waals surface area contributed by atoms with Crippen molar-refractivity contribution in [3.05, 3.63) is 18.2 Å². The maximum absolute atomic E-state index is 4.19. The molecule has 2 N–H and O–H groups in total. The molecular weight excluding hydrogens is 223 g/mol. The van der Waals surface area contributed by atoms with Gasteiger partial charge in [-0.15, -0.1) is 24.8 Å². The van der Waals surface area contributed by atoms with Crippen LogP contribution in [-0.2, 0) is 6.54 Å². The molecule has 0 spiro atoms. The van der Waals surface area contributed by atoms with E-state index in [1.807, 2.05) is 6.20 Å². The van der Waals surface area contributed by atoms with Crippen molar-refractivity contribution >= 4 is 24.8 Å². The highest BCUT2D eigenvalue weighted by molar-refractivity contribution is 5.85. The molecule has 0 aromatic carbocycles. The molecule has 1 fully saturated rings. The molecule has 1 aromatic heterocycles. The number of rotatable bonds is 2. The van der Waals surface area contributed by atoms with Gasteiger partial charge < -0.3 is 10.3 Å². The van der Waals surface area contributed by atoms with Crippen LogP contribution in [0, 0.1) is 0 Å². The average Bonchev–Trinajstić information content (AvgIpc) is 2.59. The third-order valence-corrected chi connectivity index (χ3v) is 2.14. The van der Waals surface area contributed by atoms with E-state index in [1.165, 1.54) is 0 Å². The Morgan fingerprint density at radius 3 is 2.57 bits per heavy atom. The quantitative estimate of drug-likeness (QED) is 0.796. The predicted octanol–water partition coefficient (Wildman–Crippen LogP) is 0.658. The van der Waals surface area contributed by atoms with Gasteiger partial charge >= 0.3 is 0 Å². The number of hydrogen-bond donors (Lipinski definition) is 2. The van der Waals surface area contributed by atoms with E-state index in [2.05, 4.69) is 20.2 Å². The van der Waals surface area contributed by atoms with E-state index in [1.54, 1.807) is 6.20 Å². The minimum atomic E-state index is 0. The molecule has 82 valence electrons. The Morgan fingerprint density at radius 1 is 1.29 bits per heavy atom. The van der Waals surface area contributed by atoms with Gasteiger partial charge in [-0.2, -0.15) is 0 Å². The van der Waals surface area contributed by atoms with Crippen molar-refractivity contribution in [2.75, 3.05) is 26.2 Å². The summed E-state index contributed by atoms with van der Waals surface area (Å²) in [4.78, 5) is 9.70. The van der Waals surface area contributed by atoms with Gasteiger partial charge in [-0.05, 0) is 0 Å². The number of nitrogens with one attached hydrogen (secondary N) is 2. The van der Waals surface area contributed by atoms with Crippen molar-refractivity contribution in [2.45, 2.75) is 6.54 Å². The van der Waals surface area contributed by atoms with Crippen LogP contribution < -0.4 is 5.32 Å². The first-order chi connectivity index (χ1) is 5.95. The number of H-pyrrole nitrogens is 1. The molecule has 0 aliphatic carbocycles. The number of halogens is 2. The summed E-state index contributed by atoms with van der Waals surface area (Å²) in [6.45, 7) is 5.40. The summed E-state index contributed by atoms with van der Waals surface area (Å²) < 4.78 is 0. The zero-order valence-corrected chi connectivity index (χ0v) is 9.53. The van der Waals surface area contributed by atoms with Gasteiger partial charge in [0.15, 0.2) is 0 Å². The van der Waals surface area contributed by atoms with Crippen molar-refractivity contribution in [2.24, 2.45) is 0 Å². The fraction of sp³-hybridized carbons (Fsp3) is 0.625. The van der Waals surface area contributed by atoms with Gasteiger partial charge in [-0.3, -0.25) is 4.90 Å². The van der Waals surface area contributed by atoms with E-state index in [9.17, 15) is 0 Å². The van der Waals surface area contributed by atoms with Gasteiger partial charge in [0, 0.05) is 38.6 Å². The molecule has 1 aliphatic rings. The third-order valence-electron chi connectivity index (χ3n) is 2.14. The average molecular weight is 239 g/mol. The Hall–Kier alpha value is -0.290. The normalized spacial score (nSPS) is 16.9. The van der Waals surface area contributed by atoms with Crippen LogP contribution in [0.4, 0.5) is 0 Å². The van der Waals surface area contributed by atoms with E-state index in [4.69, 9.17) is 0 Å². The lowest BCUT2D eigenvalue weighted by Crippen LogP contribution is -2.43. The zero-order chi connectivity index (χ0) is 8.23. The highest BCUT2D eigenvalue weighted by Gasteiger charge is 2.10. The Bertz CT molecular complexity index is 221.